The molecule has 2 aromatic rings. The van der Waals surface area contributed by atoms with Gasteiger partial charge in [-0.05, 0) is 48.4 Å². The summed E-state index contributed by atoms with van der Waals surface area (Å²) < 4.78 is 24.3. The van der Waals surface area contributed by atoms with E-state index < -0.39 is 0 Å². The Morgan fingerprint density at radius 3 is 2.52 bits per heavy atom. The molecule has 5 nitrogen and oxygen atoms in total. The molecule has 2 aromatic carbocycles. The van der Waals surface area contributed by atoms with Crippen LogP contribution in [0.1, 0.15) is 48.2 Å². The quantitative estimate of drug-likeness (QED) is 0.625. The summed E-state index contributed by atoms with van der Waals surface area (Å²) in [7, 11) is 0. The molecule has 1 atom stereocenters. The van der Waals surface area contributed by atoms with Crippen LogP contribution in [0, 0.1) is 5.82 Å². The van der Waals surface area contributed by atoms with Crippen LogP contribution in [0.3, 0.4) is 0 Å². The number of ether oxygens (including phenoxy) is 2. The third-order valence-corrected chi connectivity index (χ3v) is 4.88. The number of rotatable bonds is 8. The van der Waals surface area contributed by atoms with Gasteiger partial charge in [-0.15, -0.1) is 0 Å². The molecule has 1 heterocycles. The number of hydrogen-bond donors (Lipinski definition) is 0. The molecule has 29 heavy (non-hydrogen) atoms. The first-order valence-corrected chi connectivity index (χ1v) is 9.97. The van der Waals surface area contributed by atoms with Crippen LogP contribution in [-0.2, 0) is 9.53 Å². The minimum absolute atomic E-state index is 0.0660. The highest BCUT2D eigenvalue weighted by atomic mass is 19.1. The fourth-order valence-corrected chi connectivity index (χ4v) is 3.23. The summed E-state index contributed by atoms with van der Waals surface area (Å²) in [6.45, 7) is 3.99. The number of amides is 1. The Bertz CT molecular complexity index is 820. The first-order chi connectivity index (χ1) is 14.1. The molecule has 1 unspecified atom stereocenters. The molecule has 1 amide bonds. The van der Waals surface area contributed by atoms with Gasteiger partial charge in [-0.25, -0.2) is 4.39 Å². The molecule has 0 N–H and O–H groups in total. The van der Waals surface area contributed by atoms with Gasteiger partial charge >= 0.3 is 0 Å². The lowest BCUT2D eigenvalue weighted by Gasteiger charge is -2.33. The maximum absolute atomic E-state index is 13.1. The first kappa shape index (κ1) is 21.0. The van der Waals surface area contributed by atoms with Gasteiger partial charge < -0.3 is 14.4 Å². The molecular formula is C23H26FNO4. The van der Waals surface area contributed by atoms with Crippen molar-refractivity contribution in [1.29, 1.82) is 0 Å². The van der Waals surface area contributed by atoms with E-state index in [0.29, 0.717) is 31.9 Å². The lowest BCUT2D eigenvalue weighted by atomic mass is 10.0. The Morgan fingerprint density at radius 2 is 1.83 bits per heavy atom. The fraction of sp³-hybridized carbons (Fsp3) is 0.391. The molecule has 154 valence electrons. The van der Waals surface area contributed by atoms with Crippen LogP contribution in [0.25, 0.3) is 0 Å². The predicted octanol–water partition coefficient (Wildman–Crippen LogP) is 4.18. The highest BCUT2D eigenvalue weighted by molar-refractivity contribution is 5.98. The number of halogens is 1. The summed E-state index contributed by atoms with van der Waals surface area (Å²) in [5.41, 5.74) is 1.41. The zero-order valence-electron chi connectivity index (χ0n) is 16.6. The van der Waals surface area contributed by atoms with E-state index in [1.165, 1.54) is 12.1 Å². The Kier molecular flexibility index (Phi) is 7.36. The molecule has 0 spiro atoms. The van der Waals surface area contributed by atoms with E-state index >= 15 is 0 Å². The molecule has 0 aromatic heterocycles. The van der Waals surface area contributed by atoms with Crippen LogP contribution >= 0.6 is 0 Å². The molecule has 3 rings (SSSR count). The van der Waals surface area contributed by atoms with E-state index in [4.69, 9.17) is 9.47 Å². The molecule has 0 bridgehead atoms. The van der Waals surface area contributed by atoms with Gasteiger partial charge in [0.05, 0.1) is 19.8 Å². The third-order valence-electron chi connectivity index (χ3n) is 4.88. The van der Waals surface area contributed by atoms with Crippen molar-refractivity contribution in [3.63, 3.8) is 0 Å². The van der Waals surface area contributed by atoms with Crippen molar-refractivity contribution in [2.75, 3.05) is 26.3 Å². The standard InChI is InChI=1S/C23H26FNO4/c1-2-14-28-20-9-5-17(6-10-20)21(26)11-12-23(27)25-13-15-29-22(16-25)18-3-7-19(24)8-4-18/h3-10,22H,2,11-16H2,1H3. The molecule has 1 aliphatic rings. The summed E-state index contributed by atoms with van der Waals surface area (Å²) >= 11 is 0. The van der Waals surface area contributed by atoms with Crippen molar-refractivity contribution in [3.8, 4) is 5.75 Å². The predicted molar refractivity (Wildman–Crippen MR) is 107 cm³/mol. The number of ketones is 1. The van der Waals surface area contributed by atoms with Crippen molar-refractivity contribution in [2.24, 2.45) is 0 Å². The van der Waals surface area contributed by atoms with Gasteiger partial charge in [0.15, 0.2) is 5.78 Å². The molecule has 6 heteroatoms. The van der Waals surface area contributed by atoms with Gasteiger partial charge in [-0.3, -0.25) is 9.59 Å². The number of morpholine rings is 1. The second kappa shape index (κ2) is 10.2. The fourth-order valence-electron chi connectivity index (χ4n) is 3.23. The minimum atomic E-state index is -0.305. The number of carbonyl (C=O) groups excluding carboxylic acids is 2. The lowest BCUT2D eigenvalue weighted by Crippen LogP contribution is -2.42. The molecular weight excluding hydrogens is 373 g/mol. The summed E-state index contributed by atoms with van der Waals surface area (Å²) in [6.07, 6.45) is 0.960. The molecule has 0 saturated carbocycles. The normalized spacial score (nSPS) is 16.5. The second-order valence-electron chi connectivity index (χ2n) is 7.05. The van der Waals surface area contributed by atoms with Crippen LogP contribution in [0.5, 0.6) is 5.75 Å². The Hall–Kier alpha value is -2.73. The van der Waals surface area contributed by atoms with Crippen molar-refractivity contribution in [3.05, 3.63) is 65.5 Å². The third kappa shape index (κ3) is 5.87. The van der Waals surface area contributed by atoms with Crippen molar-refractivity contribution in [2.45, 2.75) is 32.3 Å². The van der Waals surface area contributed by atoms with Crippen LogP contribution in [0.2, 0.25) is 0 Å². The van der Waals surface area contributed by atoms with Gasteiger partial charge in [-0.1, -0.05) is 19.1 Å². The Balaban J connectivity index is 1.50. The lowest BCUT2D eigenvalue weighted by molar-refractivity contribution is -0.139. The number of nitrogens with zero attached hydrogens (tertiary/aromatic N) is 1. The van der Waals surface area contributed by atoms with Gasteiger partial charge in [0.25, 0.3) is 0 Å². The molecule has 0 radical (unpaired) electrons. The van der Waals surface area contributed by atoms with Crippen LogP contribution in [0.15, 0.2) is 48.5 Å². The minimum Gasteiger partial charge on any atom is -0.494 e. The summed E-state index contributed by atoms with van der Waals surface area (Å²) in [4.78, 5) is 26.7. The molecule has 1 fully saturated rings. The topological polar surface area (TPSA) is 55.8 Å². The van der Waals surface area contributed by atoms with E-state index in [9.17, 15) is 14.0 Å². The number of Topliss-reactive ketones (excluding diaryl/α,β-unsaturated/α-hetero) is 1. The SMILES string of the molecule is CCCOc1ccc(C(=O)CCC(=O)N2CCOC(c3ccc(F)cc3)C2)cc1. The van der Waals surface area contributed by atoms with Crippen molar-refractivity contribution in [1.82, 2.24) is 4.90 Å². The van der Waals surface area contributed by atoms with Crippen LogP contribution < -0.4 is 4.74 Å². The van der Waals surface area contributed by atoms with E-state index in [-0.39, 0.29) is 36.5 Å². The van der Waals surface area contributed by atoms with Gasteiger partial charge in [0, 0.05) is 24.9 Å². The van der Waals surface area contributed by atoms with Gasteiger partial charge in [-0.2, -0.15) is 0 Å². The maximum Gasteiger partial charge on any atom is 0.223 e. The van der Waals surface area contributed by atoms with Crippen molar-refractivity contribution < 1.29 is 23.5 Å². The van der Waals surface area contributed by atoms with E-state index in [1.807, 2.05) is 6.92 Å². The average molecular weight is 399 g/mol. The first-order valence-electron chi connectivity index (χ1n) is 9.97. The molecule has 0 aliphatic carbocycles. The number of benzene rings is 2. The summed E-state index contributed by atoms with van der Waals surface area (Å²) in [5, 5.41) is 0. The number of hydrogen-bond acceptors (Lipinski definition) is 4. The average Bonchev–Trinajstić information content (AvgIpc) is 2.76. The largest absolute Gasteiger partial charge is 0.494 e. The highest BCUT2D eigenvalue weighted by Gasteiger charge is 2.25. The zero-order chi connectivity index (χ0) is 20.6. The summed E-state index contributed by atoms with van der Waals surface area (Å²) in [6, 6.07) is 13.1. The highest BCUT2D eigenvalue weighted by Crippen LogP contribution is 2.23. The Labute approximate surface area is 170 Å². The van der Waals surface area contributed by atoms with Gasteiger partial charge in [0.2, 0.25) is 5.91 Å². The smallest absolute Gasteiger partial charge is 0.223 e. The monoisotopic (exact) mass is 399 g/mol. The molecule has 1 saturated heterocycles. The van der Waals surface area contributed by atoms with Crippen LogP contribution in [-0.4, -0.2) is 42.9 Å². The van der Waals surface area contributed by atoms with E-state index in [1.54, 1.807) is 41.3 Å². The number of carbonyl (C=O) groups is 2. The van der Waals surface area contributed by atoms with Gasteiger partial charge in [0.1, 0.15) is 17.7 Å². The Morgan fingerprint density at radius 1 is 1.10 bits per heavy atom. The van der Waals surface area contributed by atoms with E-state index in [0.717, 1.165) is 17.7 Å². The molecule has 1 aliphatic heterocycles. The summed E-state index contributed by atoms with van der Waals surface area (Å²) in [5.74, 6) is 0.293. The zero-order valence-corrected chi connectivity index (χ0v) is 16.6. The maximum atomic E-state index is 13.1. The van der Waals surface area contributed by atoms with E-state index in [2.05, 4.69) is 0 Å². The second-order valence-corrected chi connectivity index (χ2v) is 7.05. The van der Waals surface area contributed by atoms with Crippen molar-refractivity contribution >= 4 is 11.7 Å². The van der Waals surface area contributed by atoms with Crippen LogP contribution in [0.4, 0.5) is 4.39 Å².